The third kappa shape index (κ3) is 6.88. The van der Waals surface area contributed by atoms with Crippen LogP contribution in [0.4, 0.5) is 0 Å². The summed E-state index contributed by atoms with van der Waals surface area (Å²) in [6.45, 7) is 2.16. The average molecular weight is 473 g/mol. The standard InChI is InChI=1S/C24H25ClN2O4S/c1-2-31-24(28)14-9-18-5-7-19(8-6-18)16-23(20-4-3-15-26-17-20)27-32(29,30)22-12-10-21(25)11-13-22/h3-8,10-13,15,17,23,27H,2,9,14,16H2,1H3. The first kappa shape index (κ1) is 23.9. The van der Waals surface area contributed by atoms with Gasteiger partial charge in [0.25, 0.3) is 0 Å². The van der Waals surface area contributed by atoms with Gasteiger partial charge in [-0.3, -0.25) is 9.78 Å². The number of nitrogens with one attached hydrogen (secondary N) is 1. The van der Waals surface area contributed by atoms with Crippen LogP contribution in [0.3, 0.4) is 0 Å². The lowest BCUT2D eigenvalue weighted by Crippen LogP contribution is -2.30. The molecule has 0 spiro atoms. The zero-order valence-corrected chi connectivity index (χ0v) is 19.3. The highest BCUT2D eigenvalue weighted by Gasteiger charge is 2.22. The Bertz CT molecular complexity index is 1120. The molecule has 0 aliphatic carbocycles. The number of hydrogen-bond acceptors (Lipinski definition) is 5. The second kappa shape index (κ2) is 11.2. The van der Waals surface area contributed by atoms with Crippen molar-refractivity contribution in [1.82, 2.24) is 9.71 Å². The van der Waals surface area contributed by atoms with Crippen LogP contribution in [0.15, 0.2) is 78.0 Å². The summed E-state index contributed by atoms with van der Waals surface area (Å²) in [5.74, 6) is -0.218. The molecule has 0 bridgehead atoms. The van der Waals surface area contributed by atoms with E-state index in [2.05, 4.69) is 9.71 Å². The van der Waals surface area contributed by atoms with Crippen molar-refractivity contribution in [2.24, 2.45) is 0 Å². The molecule has 32 heavy (non-hydrogen) atoms. The van der Waals surface area contributed by atoms with E-state index < -0.39 is 16.1 Å². The molecule has 1 N–H and O–H groups in total. The quantitative estimate of drug-likeness (QED) is 0.439. The molecule has 6 nitrogen and oxygen atoms in total. The minimum atomic E-state index is -3.76. The molecule has 168 valence electrons. The molecule has 1 heterocycles. The van der Waals surface area contributed by atoms with Gasteiger partial charge >= 0.3 is 5.97 Å². The predicted octanol–water partition coefficient (Wildman–Crippen LogP) is 4.49. The van der Waals surface area contributed by atoms with Crippen LogP contribution in [0.5, 0.6) is 0 Å². The smallest absolute Gasteiger partial charge is 0.306 e. The summed E-state index contributed by atoms with van der Waals surface area (Å²) < 4.78 is 33.7. The number of sulfonamides is 1. The van der Waals surface area contributed by atoms with E-state index >= 15 is 0 Å². The van der Waals surface area contributed by atoms with Gasteiger partial charge in [0.2, 0.25) is 10.0 Å². The Morgan fingerprint density at radius 2 is 1.75 bits per heavy atom. The van der Waals surface area contributed by atoms with Gasteiger partial charge in [-0.1, -0.05) is 41.9 Å². The van der Waals surface area contributed by atoms with Gasteiger partial charge in [-0.05, 0) is 66.8 Å². The molecule has 0 aliphatic rings. The van der Waals surface area contributed by atoms with E-state index in [4.69, 9.17) is 16.3 Å². The zero-order chi connectivity index (χ0) is 23.0. The van der Waals surface area contributed by atoms with Gasteiger partial charge in [-0.25, -0.2) is 13.1 Å². The highest BCUT2D eigenvalue weighted by molar-refractivity contribution is 7.89. The second-order valence-electron chi connectivity index (χ2n) is 7.24. The van der Waals surface area contributed by atoms with Crippen molar-refractivity contribution in [2.75, 3.05) is 6.61 Å². The molecule has 1 aromatic heterocycles. The van der Waals surface area contributed by atoms with Gasteiger partial charge in [-0.2, -0.15) is 0 Å². The van der Waals surface area contributed by atoms with E-state index in [1.807, 2.05) is 30.3 Å². The van der Waals surface area contributed by atoms with Crippen molar-refractivity contribution in [3.63, 3.8) is 0 Å². The molecule has 0 fully saturated rings. The number of aryl methyl sites for hydroxylation is 1. The Morgan fingerprint density at radius 3 is 2.38 bits per heavy atom. The maximum Gasteiger partial charge on any atom is 0.306 e. The lowest BCUT2D eigenvalue weighted by Gasteiger charge is -2.19. The fourth-order valence-electron chi connectivity index (χ4n) is 3.24. The van der Waals surface area contributed by atoms with Crippen LogP contribution in [-0.2, 0) is 32.4 Å². The van der Waals surface area contributed by atoms with E-state index in [9.17, 15) is 13.2 Å². The topological polar surface area (TPSA) is 85.4 Å². The number of carbonyl (C=O) groups is 1. The number of ether oxygens (including phenoxy) is 1. The number of nitrogens with zero attached hydrogens (tertiary/aromatic N) is 1. The van der Waals surface area contributed by atoms with Crippen LogP contribution in [0.1, 0.15) is 36.1 Å². The van der Waals surface area contributed by atoms with E-state index in [0.29, 0.717) is 30.9 Å². The van der Waals surface area contributed by atoms with Crippen LogP contribution in [0.2, 0.25) is 5.02 Å². The van der Waals surface area contributed by atoms with E-state index in [0.717, 1.165) is 16.7 Å². The first-order valence-corrected chi connectivity index (χ1v) is 12.1. The molecule has 3 rings (SSSR count). The zero-order valence-electron chi connectivity index (χ0n) is 17.7. The molecule has 3 aromatic rings. The third-order valence-corrected chi connectivity index (χ3v) is 6.63. The molecule has 1 unspecified atom stereocenters. The first-order valence-electron chi connectivity index (χ1n) is 10.3. The van der Waals surface area contributed by atoms with Crippen LogP contribution >= 0.6 is 11.6 Å². The van der Waals surface area contributed by atoms with Crippen LogP contribution in [-0.4, -0.2) is 26.0 Å². The number of carbonyl (C=O) groups excluding carboxylic acids is 1. The van der Waals surface area contributed by atoms with E-state index in [1.165, 1.54) is 12.1 Å². The minimum Gasteiger partial charge on any atom is -0.466 e. The third-order valence-electron chi connectivity index (χ3n) is 4.89. The number of rotatable bonds is 10. The van der Waals surface area contributed by atoms with Crippen molar-refractivity contribution >= 4 is 27.6 Å². The molecule has 0 saturated heterocycles. The molecule has 0 aliphatic heterocycles. The largest absolute Gasteiger partial charge is 0.466 e. The monoisotopic (exact) mass is 472 g/mol. The van der Waals surface area contributed by atoms with Gasteiger partial charge in [0.15, 0.2) is 0 Å². The summed E-state index contributed by atoms with van der Waals surface area (Å²) in [5.41, 5.74) is 2.73. The summed E-state index contributed by atoms with van der Waals surface area (Å²) in [4.78, 5) is 15.8. The van der Waals surface area contributed by atoms with Crippen molar-refractivity contribution in [3.8, 4) is 0 Å². The van der Waals surface area contributed by atoms with Crippen LogP contribution < -0.4 is 4.72 Å². The summed E-state index contributed by atoms with van der Waals surface area (Å²) in [6.07, 6.45) is 4.66. The van der Waals surface area contributed by atoms with Crippen LogP contribution in [0.25, 0.3) is 0 Å². The summed E-state index contributed by atoms with van der Waals surface area (Å²) in [5, 5.41) is 0.468. The van der Waals surface area contributed by atoms with E-state index in [-0.39, 0.29) is 10.9 Å². The number of hydrogen-bond donors (Lipinski definition) is 1. The fourth-order valence-corrected chi connectivity index (χ4v) is 4.59. The predicted molar refractivity (Wildman–Crippen MR) is 124 cm³/mol. The summed E-state index contributed by atoms with van der Waals surface area (Å²) >= 11 is 5.89. The lowest BCUT2D eigenvalue weighted by atomic mass is 9.99. The fraction of sp³-hybridized carbons (Fsp3) is 0.250. The molecule has 0 saturated carbocycles. The summed E-state index contributed by atoms with van der Waals surface area (Å²) in [7, 11) is -3.76. The highest BCUT2D eigenvalue weighted by atomic mass is 35.5. The van der Waals surface area contributed by atoms with Gasteiger partial charge < -0.3 is 4.74 Å². The van der Waals surface area contributed by atoms with Crippen molar-refractivity contribution in [1.29, 1.82) is 0 Å². The number of aromatic nitrogens is 1. The van der Waals surface area contributed by atoms with Gasteiger partial charge in [-0.15, -0.1) is 0 Å². The van der Waals surface area contributed by atoms with Crippen molar-refractivity contribution in [3.05, 3.63) is 94.8 Å². The Labute approximate surface area is 193 Å². The maximum absolute atomic E-state index is 13.0. The first-order chi connectivity index (χ1) is 15.4. The SMILES string of the molecule is CCOC(=O)CCc1ccc(CC(NS(=O)(=O)c2ccc(Cl)cc2)c2cccnc2)cc1. The normalized spacial score (nSPS) is 12.3. The van der Waals surface area contributed by atoms with E-state index in [1.54, 1.807) is 37.5 Å². The number of halogens is 1. The number of benzene rings is 2. The molecule has 0 amide bonds. The lowest BCUT2D eigenvalue weighted by molar-refractivity contribution is -0.143. The Balaban J connectivity index is 1.75. The molecular weight excluding hydrogens is 448 g/mol. The van der Waals surface area contributed by atoms with Crippen molar-refractivity contribution < 1.29 is 17.9 Å². The van der Waals surface area contributed by atoms with Gasteiger partial charge in [0, 0.05) is 23.8 Å². The maximum atomic E-state index is 13.0. The second-order valence-corrected chi connectivity index (χ2v) is 9.39. The van der Waals surface area contributed by atoms with Crippen molar-refractivity contribution in [2.45, 2.75) is 37.1 Å². The number of pyridine rings is 1. The Morgan fingerprint density at radius 1 is 1.06 bits per heavy atom. The Hall–Kier alpha value is -2.74. The Kier molecular flexibility index (Phi) is 8.39. The molecule has 0 radical (unpaired) electrons. The number of esters is 1. The minimum absolute atomic E-state index is 0.144. The van der Waals surface area contributed by atoms with Gasteiger partial charge in [0.1, 0.15) is 0 Å². The molecular formula is C24H25ClN2O4S. The molecule has 1 atom stereocenters. The van der Waals surface area contributed by atoms with Crippen LogP contribution in [0, 0.1) is 0 Å². The summed E-state index contributed by atoms with van der Waals surface area (Å²) in [6, 6.07) is 16.9. The van der Waals surface area contributed by atoms with Gasteiger partial charge in [0.05, 0.1) is 17.5 Å². The highest BCUT2D eigenvalue weighted by Crippen LogP contribution is 2.22. The molecule has 8 heteroatoms. The molecule has 2 aromatic carbocycles. The average Bonchev–Trinajstić information content (AvgIpc) is 2.79.